The minimum Gasteiger partial charge on any atom is -0.465 e. The Labute approximate surface area is 185 Å². The lowest BCUT2D eigenvalue weighted by Crippen LogP contribution is -2.51. The van der Waals surface area contributed by atoms with E-state index in [9.17, 15) is 14.3 Å². The average molecular weight is 436 g/mol. The number of carboxylic acid groups (broad SMARTS) is 1. The van der Waals surface area contributed by atoms with Gasteiger partial charge >= 0.3 is 6.09 Å². The van der Waals surface area contributed by atoms with Crippen molar-refractivity contribution in [1.29, 1.82) is 0 Å². The molecule has 0 saturated carbocycles. The largest absolute Gasteiger partial charge is 0.465 e. The van der Waals surface area contributed by atoms with Crippen molar-refractivity contribution in [2.24, 2.45) is 0 Å². The highest BCUT2D eigenvalue weighted by Gasteiger charge is 2.32. The van der Waals surface area contributed by atoms with Gasteiger partial charge in [0.05, 0.1) is 17.9 Å². The van der Waals surface area contributed by atoms with Crippen LogP contribution in [0.5, 0.6) is 11.5 Å². The van der Waals surface area contributed by atoms with Gasteiger partial charge in [0.2, 0.25) is 0 Å². The molecular formula is C24H25FN4O3. The summed E-state index contributed by atoms with van der Waals surface area (Å²) in [6, 6.07) is 10.1. The SMILES string of the molecule is C[C@@H]1NCC1n1cc(-c2ccc3c(c2Oc2ccc(F)cc2)CC[C@H](C)N3C(=O)O)cn1. The molecule has 166 valence electrons. The second kappa shape index (κ2) is 7.94. The highest BCUT2D eigenvalue weighted by Crippen LogP contribution is 2.44. The lowest BCUT2D eigenvalue weighted by atomic mass is 9.92. The lowest BCUT2D eigenvalue weighted by molar-refractivity contribution is 0.198. The number of aromatic nitrogens is 2. The fourth-order valence-electron chi connectivity index (χ4n) is 4.50. The van der Waals surface area contributed by atoms with Crippen molar-refractivity contribution in [3.05, 3.63) is 60.2 Å². The molecule has 8 heteroatoms. The number of benzene rings is 2. The Morgan fingerprint density at radius 3 is 2.66 bits per heavy atom. The second-order valence-corrected chi connectivity index (χ2v) is 8.51. The van der Waals surface area contributed by atoms with Crippen LogP contribution in [0.15, 0.2) is 48.8 Å². The van der Waals surface area contributed by atoms with Gasteiger partial charge in [0, 0.05) is 41.5 Å². The zero-order chi connectivity index (χ0) is 22.4. The first-order valence-corrected chi connectivity index (χ1v) is 10.8. The van der Waals surface area contributed by atoms with E-state index >= 15 is 0 Å². The highest BCUT2D eigenvalue weighted by atomic mass is 19.1. The topological polar surface area (TPSA) is 79.6 Å². The molecule has 7 nitrogen and oxygen atoms in total. The number of carbonyl (C=O) groups is 1. The number of nitrogens with zero attached hydrogens (tertiary/aromatic N) is 3. The Kier molecular flexibility index (Phi) is 5.09. The molecule has 0 spiro atoms. The van der Waals surface area contributed by atoms with Crippen LogP contribution in [0, 0.1) is 5.82 Å². The summed E-state index contributed by atoms with van der Waals surface area (Å²) in [5.41, 5.74) is 3.18. The molecule has 5 rings (SSSR count). The van der Waals surface area contributed by atoms with Crippen LogP contribution >= 0.6 is 0 Å². The molecular weight excluding hydrogens is 411 g/mol. The van der Waals surface area contributed by atoms with E-state index in [1.54, 1.807) is 12.1 Å². The predicted octanol–water partition coefficient (Wildman–Crippen LogP) is 4.83. The van der Waals surface area contributed by atoms with E-state index in [1.807, 2.05) is 36.1 Å². The Morgan fingerprint density at radius 1 is 1.22 bits per heavy atom. The third-order valence-corrected chi connectivity index (χ3v) is 6.47. The van der Waals surface area contributed by atoms with Crippen molar-refractivity contribution in [3.63, 3.8) is 0 Å². The fourth-order valence-corrected chi connectivity index (χ4v) is 4.50. The number of hydrogen-bond donors (Lipinski definition) is 2. The molecule has 0 radical (unpaired) electrons. The predicted molar refractivity (Wildman–Crippen MR) is 119 cm³/mol. The van der Waals surface area contributed by atoms with Gasteiger partial charge in [-0.05, 0) is 63.1 Å². The number of anilines is 1. The first-order chi connectivity index (χ1) is 15.4. The van der Waals surface area contributed by atoms with Crippen LogP contribution in [0.1, 0.15) is 31.9 Å². The van der Waals surface area contributed by atoms with E-state index in [0.29, 0.717) is 42.1 Å². The number of fused-ring (bicyclic) bond motifs is 1. The van der Waals surface area contributed by atoms with Crippen molar-refractivity contribution < 1.29 is 19.0 Å². The van der Waals surface area contributed by atoms with Gasteiger partial charge in [-0.3, -0.25) is 9.58 Å². The van der Waals surface area contributed by atoms with Gasteiger partial charge in [0.1, 0.15) is 17.3 Å². The van der Waals surface area contributed by atoms with Crippen molar-refractivity contribution in [2.45, 2.75) is 44.8 Å². The lowest BCUT2D eigenvalue weighted by Gasteiger charge is -2.35. The van der Waals surface area contributed by atoms with Gasteiger partial charge in [0.15, 0.2) is 0 Å². The normalized spacial score (nSPS) is 22.2. The number of halogens is 1. The van der Waals surface area contributed by atoms with Crippen LogP contribution in [0.2, 0.25) is 0 Å². The fraction of sp³-hybridized carbons (Fsp3) is 0.333. The molecule has 1 amide bonds. The van der Waals surface area contributed by atoms with E-state index < -0.39 is 6.09 Å². The molecule has 2 aliphatic rings. The Hall–Kier alpha value is -3.39. The molecule has 3 aromatic rings. The second-order valence-electron chi connectivity index (χ2n) is 8.51. The molecule has 2 aromatic carbocycles. The summed E-state index contributed by atoms with van der Waals surface area (Å²) in [6.45, 7) is 4.90. The Bertz CT molecular complexity index is 1160. The molecule has 2 aliphatic heterocycles. The van der Waals surface area contributed by atoms with Gasteiger partial charge in [-0.2, -0.15) is 5.10 Å². The zero-order valence-corrected chi connectivity index (χ0v) is 18.0. The van der Waals surface area contributed by atoms with E-state index in [-0.39, 0.29) is 11.9 Å². The van der Waals surface area contributed by atoms with Gasteiger partial charge in [-0.15, -0.1) is 0 Å². The number of nitrogens with one attached hydrogen (secondary N) is 1. The maximum Gasteiger partial charge on any atom is 0.412 e. The molecule has 1 unspecified atom stereocenters. The molecule has 0 aliphatic carbocycles. The Morgan fingerprint density at radius 2 is 2.00 bits per heavy atom. The minimum atomic E-state index is -0.988. The molecule has 0 bridgehead atoms. The van der Waals surface area contributed by atoms with E-state index in [2.05, 4.69) is 17.3 Å². The summed E-state index contributed by atoms with van der Waals surface area (Å²) in [7, 11) is 0. The zero-order valence-electron chi connectivity index (χ0n) is 18.0. The molecule has 1 fully saturated rings. The van der Waals surface area contributed by atoms with Crippen molar-refractivity contribution in [1.82, 2.24) is 15.1 Å². The summed E-state index contributed by atoms with van der Waals surface area (Å²) >= 11 is 0. The van der Waals surface area contributed by atoms with E-state index in [4.69, 9.17) is 4.74 Å². The first-order valence-electron chi connectivity index (χ1n) is 10.8. The van der Waals surface area contributed by atoms with Crippen LogP contribution < -0.4 is 15.0 Å². The van der Waals surface area contributed by atoms with Gasteiger partial charge in [-0.25, -0.2) is 9.18 Å². The van der Waals surface area contributed by atoms with E-state index in [1.165, 1.54) is 17.0 Å². The minimum absolute atomic E-state index is 0.125. The van der Waals surface area contributed by atoms with Crippen LogP contribution in [0.4, 0.5) is 14.9 Å². The summed E-state index contributed by atoms with van der Waals surface area (Å²) in [4.78, 5) is 13.4. The molecule has 1 aromatic heterocycles. The van der Waals surface area contributed by atoms with Crippen LogP contribution in [-0.2, 0) is 6.42 Å². The molecule has 3 heterocycles. The summed E-state index contributed by atoms with van der Waals surface area (Å²) in [5.74, 6) is 0.736. The average Bonchev–Trinajstić information content (AvgIpc) is 3.22. The standard InChI is InChI=1S/C24H25FN4O3/c1-14-3-8-20-21(29(14)24(30)31)10-9-19(23(20)32-18-6-4-17(25)5-7-18)16-11-27-28(13-16)22-12-26-15(22)2/h4-7,9-11,13-15,22,26H,3,8,12H2,1-2H3,(H,30,31)/t14-,15-,22?/m0/s1. The summed E-state index contributed by atoms with van der Waals surface area (Å²) in [6.07, 6.45) is 4.19. The van der Waals surface area contributed by atoms with Crippen LogP contribution in [-0.4, -0.2) is 39.6 Å². The number of hydrogen-bond acceptors (Lipinski definition) is 4. The van der Waals surface area contributed by atoms with Crippen LogP contribution in [0.3, 0.4) is 0 Å². The molecule has 1 saturated heterocycles. The number of amides is 1. The highest BCUT2D eigenvalue weighted by molar-refractivity contribution is 5.91. The van der Waals surface area contributed by atoms with Crippen LogP contribution in [0.25, 0.3) is 11.1 Å². The quantitative estimate of drug-likeness (QED) is 0.612. The number of rotatable bonds is 4. The third kappa shape index (κ3) is 3.50. The molecule has 32 heavy (non-hydrogen) atoms. The first kappa shape index (κ1) is 20.5. The maximum atomic E-state index is 13.4. The van der Waals surface area contributed by atoms with Gasteiger partial charge in [-0.1, -0.05) is 0 Å². The Balaban J connectivity index is 1.61. The smallest absolute Gasteiger partial charge is 0.412 e. The maximum absolute atomic E-state index is 13.4. The van der Waals surface area contributed by atoms with Crippen molar-refractivity contribution >= 4 is 11.8 Å². The summed E-state index contributed by atoms with van der Waals surface area (Å²) in [5, 5.41) is 17.7. The number of ether oxygens (including phenoxy) is 1. The van der Waals surface area contributed by atoms with Crippen molar-refractivity contribution in [3.8, 4) is 22.6 Å². The monoisotopic (exact) mass is 436 g/mol. The summed E-state index contributed by atoms with van der Waals surface area (Å²) < 4.78 is 21.7. The van der Waals surface area contributed by atoms with Gasteiger partial charge < -0.3 is 15.2 Å². The van der Waals surface area contributed by atoms with Gasteiger partial charge in [0.25, 0.3) is 0 Å². The van der Waals surface area contributed by atoms with E-state index in [0.717, 1.165) is 23.2 Å². The van der Waals surface area contributed by atoms with Crippen molar-refractivity contribution in [2.75, 3.05) is 11.4 Å². The third-order valence-electron chi connectivity index (χ3n) is 6.47. The molecule has 2 N–H and O–H groups in total. The molecule has 3 atom stereocenters.